The van der Waals surface area contributed by atoms with E-state index in [1.165, 1.54) is 16.4 Å². The number of rotatable bonds is 4. The number of hydrogen-bond donors (Lipinski definition) is 1. The fraction of sp³-hybridized carbons (Fsp3) is 0.174. The summed E-state index contributed by atoms with van der Waals surface area (Å²) in [4.78, 5) is 12.9. The summed E-state index contributed by atoms with van der Waals surface area (Å²) >= 11 is 5.90. The van der Waals surface area contributed by atoms with E-state index in [4.69, 9.17) is 11.6 Å². The lowest BCUT2D eigenvalue weighted by Crippen LogP contribution is -2.35. The number of nitrogens with one attached hydrogen (secondary N) is 1. The number of sulfonamides is 1. The van der Waals surface area contributed by atoms with E-state index in [-0.39, 0.29) is 10.8 Å². The van der Waals surface area contributed by atoms with Gasteiger partial charge in [0.25, 0.3) is 15.9 Å². The number of benzene rings is 3. The average Bonchev–Trinajstić information content (AvgIpc) is 2.73. The number of carbonyl (C=O) groups excluding carboxylic acids is 1. The monoisotopic (exact) mass is 440 g/mol. The first-order chi connectivity index (χ1) is 14.3. The molecule has 0 bridgehead atoms. The van der Waals surface area contributed by atoms with Gasteiger partial charge in [0, 0.05) is 22.8 Å². The summed E-state index contributed by atoms with van der Waals surface area (Å²) in [6, 6.07) is 18.9. The molecule has 1 amide bonds. The van der Waals surface area contributed by atoms with Gasteiger partial charge in [-0.2, -0.15) is 0 Å². The topological polar surface area (TPSA) is 66.5 Å². The second kappa shape index (κ2) is 8.13. The maximum atomic E-state index is 13.2. The van der Waals surface area contributed by atoms with E-state index in [1.807, 2.05) is 31.2 Å². The van der Waals surface area contributed by atoms with Gasteiger partial charge in [0.05, 0.1) is 10.6 Å². The van der Waals surface area contributed by atoms with E-state index in [9.17, 15) is 13.2 Å². The molecule has 3 aromatic rings. The Hall–Kier alpha value is -2.83. The van der Waals surface area contributed by atoms with Gasteiger partial charge in [0.15, 0.2) is 0 Å². The fourth-order valence-electron chi connectivity index (χ4n) is 3.61. The van der Waals surface area contributed by atoms with Gasteiger partial charge in [-0.15, -0.1) is 0 Å². The molecule has 5 nitrogen and oxygen atoms in total. The lowest BCUT2D eigenvalue weighted by atomic mass is 10.0. The molecule has 0 unspecified atom stereocenters. The molecule has 154 valence electrons. The molecule has 0 radical (unpaired) electrons. The van der Waals surface area contributed by atoms with E-state index in [1.54, 1.807) is 30.3 Å². The Morgan fingerprint density at radius 1 is 1.03 bits per heavy atom. The Kier molecular flexibility index (Phi) is 5.54. The number of fused-ring (bicyclic) bond motifs is 1. The number of hydrogen-bond acceptors (Lipinski definition) is 3. The molecule has 0 saturated carbocycles. The summed E-state index contributed by atoms with van der Waals surface area (Å²) in [7, 11) is -3.70. The van der Waals surface area contributed by atoms with Crippen molar-refractivity contribution >= 4 is 38.9 Å². The first-order valence-electron chi connectivity index (χ1n) is 9.64. The van der Waals surface area contributed by atoms with Crippen molar-refractivity contribution in [3.8, 4) is 0 Å². The van der Waals surface area contributed by atoms with Crippen LogP contribution in [0.1, 0.15) is 27.9 Å². The molecule has 1 N–H and O–H groups in total. The molecule has 0 atom stereocenters. The number of aryl methyl sites for hydroxylation is 2. The van der Waals surface area contributed by atoms with Gasteiger partial charge in [-0.1, -0.05) is 23.7 Å². The van der Waals surface area contributed by atoms with Crippen molar-refractivity contribution in [1.82, 2.24) is 0 Å². The van der Waals surface area contributed by atoms with Crippen LogP contribution in [0.3, 0.4) is 0 Å². The minimum absolute atomic E-state index is 0.195. The van der Waals surface area contributed by atoms with Gasteiger partial charge in [0.2, 0.25) is 0 Å². The molecule has 1 aliphatic rings. The van der Waals surface area contributed by atoms with Crippen LogP contribution in [0.2, 0.25) is 5.02 Å². The quantitative estimate of drug-likeness (QED) is 0.617. The number of anilines is 2. The normalized spacial score (nSPS) is 13.6. The Labute approximate surface area is 181 Å². The highest BCUT2D eigenvalue weighted by molar-refractivity contribution is 7.92. The second-order valence-electron chi connectivity index (χ2n) is 7.30. The molecule has 3 aromatic carbocycles. The number of nitrogens with zero attached hydrogens (tertiary/aromatic N) is 1. The van der Waals surface area contributed by atoms with Crippen LogP contribution in [0.15, 0.2) is 71.6 Å². The highest BCUT2D eigenvalue weighted by atomic mass is 35.5. The third-order valence-electron chi connectivity index (χ3n) is 5.10. The Bertz CT molecular complexity index is 1210. The molecule has 0 saturated heterocycles. The largest absolute Gasteiger partial charge is 0.322 e. The maximum Gasteiger partial charge on any atom is 0.264 e. The summed E-state index contributed by atoms with van der Waals surface area (Å²) in [6.45, 7) is 2.36. The van der Waals surface area contributed by atoms with Gasteiger partial charge in [-0.05, 0) is 85.5 Å². The minimum atomic E-state index is -3.70. The van der Waals surface area contributed by atoms with Gasteiger partial charge >= 0.3 is 0 Å². The molecule has 30 heavy (non-hydrogen) atoms. The first-order valence-corrected chi connectivity index (χ1v) is 11.5. The predicted molar refractivity (Wildman–Crippen MR) is 120 cm³/mol. The molecular weight excluding hydrogens is 420 g/mol. The smallest absolute Gasteiger partial charge is 0.264 e. The Balaban J connectivity index is 1.62. The SMILES string of the molecule is Cc1cccc(NC(=O)c2ccc3c(c2)CCCN3S(=O)(=O)c2ccc(Cl)cc2)c1. The van der Waals surface area contributed by atoms with Crippen LogP contribution in [0.5, 0.6) is 0 Å². The number of halogens is 1. The Morgan fingerprint density at radius 3 is 2.53 bits per heavy atom. The van der Waals surface area contributed by atoms with Crippen molar-refractivity contribution < 1.29 is 13.2 Å². The summed E-state index contributed by atoms with van der Waals surface area (Å²) in [5.74, 6) is -0.221. The van der Waals surface area contributed by atoms with Crippen LogP contribution in [-0.2, 0) is 16.4 Å². The van der Waals surface area contributed by atoms with Gasteiger partial charge in [-0.25, -0.2) is 8.42 Å². The molecule has 0 aromatic heterocycles. The van der Waals surface area contributed by atoms with Crippen LogP contribution >= 0.6 is 11.6 Å². The molecule has 7 heteroatoms. The summed E-state index contributed by atoms with van der Waals surface area (Å²) in [5, 5.41) is 3.38. The van der Waals surface area contributed by atoms with Gasteiger partial charge in [-0.3, -0.25) is 9.10 Å². The van der Waals surface area contributed by atoms with Crippen LogP contribution < -0.4 is 9.62 Å². The molecule has 0 fully saturated rings. The standard InChI is InChI=1S/C23H21ClN2O3S/c1-16-4-2-6-20(14-16)25-23(27)18-7-12-22-17(15-18)5-3-13-26(22)30(28,29)21-10-8-19(24)9-11-21/h2,4,6-12,14-15H,3,5,13H2,1H3,(H,25,27). The summed E-state index contributed by atoms with van der Waals surface area (Å²) < 4.78 is 27.7. The zero-order valence-electron chi connectivity index (χ0n) is 16.4. The van der Waals surface area contributed by atoms with Crippen molar-refractivity contribution in [2.45, 2.75) is 24.7 Å². The second-order valence-corrected chi connectivity index (χ2v) is 9.60. The van der Waals surface area contributed by atoms with Crippen LogP contribution in [0.25, 0.3) is 0 Å². The Morgan fingerprint density at radius 2 is 1.80 bits per heavy atom. The molecule has 4 rings (SSSR count). The molecule has 1 heterocycles. The van der Waals surface area contributed by atoms with Crippen LogP contribution in [0, 0.1) is 6.92 Å². The number of carbonyl (C=O) groups is 1. The van der Waals surface area contributed by atoms with Crippen LogP contribution in [0.4, 0.5) is 11.4 Å². The third-order valence-corrected chi connectivity index (χ3v) is 7.17. The summed E-state index contributed by atoms with van der Waals surface area (Å²) in [6.07, 6.45) is 1.40. The zero-order chi connectivity index (χ0) is 21.3. The summed E-state index contributed by atoms with van der Waals surface area (Å²) in [5.41, 5.74) is 3.74. The maximum absolute atomic E-state index is 13.2. The van der Waals surface area contributed by atoms with Crippen molar-refractivity contribution in [3.05, 3.63) is 88.4 Å². The first kappa shape index (κ1) is 20.4. The molecule has 0 aliphatic carbocycles. The average molecular weight is 441 g/mol. The highest BCUT2D eigenvalue weighted by Crippen LogP contribution is 2.33. The molecule has 1 aliphatic heterocycles. The predicted octanol–water partition coefficient (Wildman–Crippen LogP) is 5.04. The lowest BCUT2D eigenvalue weighted by Gasteiger charge is -2.30. The van der Waals surface area contributed by atoms with E-state index in [0.29, 0.717) is 35.7 Å². The van der Waals surface area contributed by atoms with E-state index < -0.39 is 10.0 Å². The lowest BCUT2D eigenvalue weighted by molar-refractivity contribution is 0.102. The highest BCUT2D eigenvalue weighted by Gasteiger charge is 2.29. The van der Waals surface area contributed by atoms with Crippen molar-refractivity contribution in [2.75, 3.05) is 16.2 Å². The fourth-order valence-corrected chi connectivity index (χ4v) is 5.28. The minimum Gasteiger partial charge on any atom is -0.322 e. The molecule has 0 spiro atoms. The molecular formula is C23H21ClN2O3S. The van der Waals surface area contributed by atoms with Gasteiger partial charge < -0.3 is 5.32 Å². The van der Waals surface area contributed by atoms with E-state index >= 15 is 0 Å². The zero-order valence-corrected chi connectivity index (χ0v) is 18.0. The van der Waals surface area contributed by atoms with E-state index in [0.717, 1.165) is 16.8 Å². The van der Waals surface area contributed by atoms with Crippen molar-refractivity contribution in [1.29, 1.82) is 0 Å². The number of amides is 1. The van der Waals surface area contributed by atoms with Gasteiger partial charge in [0.1, 0.15) is 0 Å². The van der Waals surface area contributed by atoms with Crippen molar-refractivity contribution in [3.63, 3.8) is 0 Å². The van der Waals surface area contributed by atoms with Crippen molar-refractivity contribution in [2.24, 2.45) is 0 Å². The third kappa shape index (κ3) is 4.06. The van der Waals surface area contributed by atoms with Crippen LogP contribution in [-0.4, -0.2) is 20.9 Å². The van der Waals surface area contributed by atoms with E-state index in [2.05, 4.69) is 5.32 Å².